The molecule has 0 heterocycles. The van der Waals surface area contributed by atoms with Crippen molar-refractivity contribution in [3.05, 3.63) is 71.8 Å². The Kier molecular flexibility index (Phi) is 17.2. The molecule has 208 valence electrons. The summed E-state index contributed by atoms with van der Waals surface area (Å²) in [6.45, 7) is 3.15. The van der Waals surface area contributed by atoms with E-state index in [4.69, 9.17) is 18.9 Å². The van der Waals surface area contributed by atoms with Crippen LogP contribution in [0.2, 0.25) is 0 Å². The number of hydrogen-bond acceptors (Lipinski definition) is 7. The molecule has 0 bridgehead atoms. The predicted octanol–water partition coefficient (Wildman–Crippen LogP) is 5.98. The highest BCUT2D eigenvalue weighted by Crippen LogP contribution is 2.07. The van der Waals surface area contributed by atoms with Crippen LogP contribution in [-0.2, 0) is 46.5 Å². The monoisotopic (exact) mass is 526 g/mol. The molecule has 0 aromatic heterocycles. The van der Waals surface area contributed by atoms with E-state index in [0.29, 0.717) is 39.5 Å². The summed E-state index contributed by atoms with van der Waals surface area (Å²) in [6, 6.07) is 20.1. The van der Waals surface area contributed by atoms with E-state index in [2.05, 4.69) is 0 Å². The van der Waals surface area contributed by atoms with E-state index < -0.39 is 17.7 Å². The molecule has 0 spiro atoms. The molecule has 2 aromatic carbocycles. The number of benzene rings is 2. The first-order valence-electron chi connectivity index (χ1n) is 13.7. The summed E-state index contributed by atoms with van der Waals surface area (Å²) in [4.78, 5) is 35.5. The second kappa shape index (κ2) is 21.0. The van der Waals surface area contributed by atoms with Gasteiger partial charge in [0.2, 0.25) is 5.78 Å². The summed E-state index contributed by atoms with van der Waals surface area (Å²) in [6.07, 6.45) is 6.85. The van der Waals surface area contributed by atoms with Gasteiger partial charge in [0.15, 0.2) is 0 Å². The topological polar surface area (TPSA) is 88.1 Å². The van der Waals surface area contributed by atoms with Gasteiger partial charge in [0.25, 0.3) is 0 Å². The highest BCUT2D eigenvalue weighted by Gasteiger charge is 2.17. The van der Waals surface area contributed by atoms with Gasteiger partial charge in [0, 0.05) is 19.6 Å². The standard InChI is InChI=1S/C31H42O7/c32-29(31(34)38-24-14-4-2-12-22-36-26-28-17-9-6-10-18-28)19-20-30(33)37-23-13-3-1-11-21-35-25-27-15-7-5-8-16-27/h5-10,15-18H,1-4,11-14,19-26H2. The Bertz CT molecular complexity index is 899. The summed E-state index contributed by atoms with van der Waals surface area (Å²) in [7, 11) is 0. The van der Waals surface area contributed by atoms with Crippen LogP contribution in [0, 0.1) is 0 Å². The van der Waals surface area contributed by atoms with E-state index in [-0.39, 0.29) is 19.4 Å². The van der Waals surface area contributed by atoms with Crippen LogP contribution >= 0.6 is 0 Å². The van der Waals surface area contributed by atoms with E-state index in [1.807, 2.05) is 60.7 Å². The Labute approximate surface area is 226 Å². The van der Waals surface area contributed by atoms with Gasteiger partial charge in [-0.05, 0) is 49.7 Å². The number of hydrogen-bond donors (Lipinski definition) is 0. The molecule has 2 rings (SSSR count). The van der Waals surface area contributed by atoms with Gasteiger partial charge in [-0.15, -0.1) is 0 Å². The second-order valence-corrected chi connectivity index (χ2v) is 9.18. The quantitative estimate of drug-likeness (QED) is 0.106. The fourth-order valence-corrected chi connectivity index (χ4v) is 3.67. The average Bonchev–Trinajstić information content (AvgIpc) is 2.95. The van der Waals surface area contributed by atoms with E-state index in [1.165, 1.54) is 5.56 Å². The molecule has 0 aliphatic carbocycles. The Morgan fingerprint density at radius 1 is 0.500 bits per heavy atom. The van der Waals surface area contributed by atoms with Crippen molar-refractivity contribution < 1.29 is 33.3 Å². The summed E-state index contributed by atoms with van der Waals surface area (Å²) in [5.41, 5.74) is 2.32. The maximum Gasteiger partial charge on any atom is 0.374 e. The maximum atomic E-state index is 11.9. The lowest BCUT2D eigenvalue weighted by Crippen LogP contribution is -2.19. The van der Waals surface area contributed by atoms with Crippen LogP contribution in [0.4, 0.5) is 0 Å². The fourth-order valence-electron chi connectivity index (χ4n) is 3.67. The maximum absolute atomic E-state index is 11.9. The van der Waals surface area contributed by atoms with Gasteiger partial charge >= 0.3 is 11.9 Å². The van der Waals surface area contributed by atoms with Crippen molar-refractivity contribution in [3.8, 4) is 0 Å². The highest BCUT2D eigenvalue weighted by molar-refractivity contribution is 6.33. The van der Waals surface area contributed by atoms with Crippen molar-refractivity contribution in [2.45, 2.75) is 77.4 Å². The van der Waals surface area contributed by atoms with Crippen LogP contribution in [0.15, 0.2) is 60.7 Å². The van der Waals surface area contributed by atoms with E-state index >= 15 is 0 Å². The zero-order valence-electron chi connectivity index (χ0n) is 22.4. The van der Waals surface area contributed by atoms with Gasteiger partial charge in [-0.25, -0.2) is 4.79 Å². The minimum atomic E-state index is -0.876. The molecule has 0 aliphatic rings. The normalized spacial score (nSPS) is 10.7. The number of unbranched alkanes of at least 4 members (excludes halogenated alkanes) is 6. The average molecular weight is 527 g/mol. The van der Waals surface area contributed by atoms with Crippen molar-refractivity contribution in [2.75, 3.05) is 26.4 Å². The van der Waals surface area contributed by atoms with Crippen molar-refractivity contribution in [2.24, 2.45) is 0 Å². The van der Waals surface area contributed by atoms with Crippen molar-refractivity contribution in [1.29, 1.82) is 0 Å². The molecule has 0 fully saturated rings. The van der Waals surface area contributed by atoms with Gasteiger partial charge in [-0.1, -0.05) is 73.5 Å². The summed E-state index contributed by atoms with van der Waals surface area (Å²) in [5.74, 6) is -2.03. The highest BCUT2D eigenvalue weighted by atomic mass is 16.5. The second-order valence-electron chi connectivity index (χ2n) is 9.18. The summed E-state index contributed by atoms with van der Waals surface area (Å²) in [5, 5.41) is 0. The summed E-state index contributed by atoms with van der Waals surface area (Å²) < 4.78 is 21.5. The summed E-state index contributed by atoms with van der Waals surface area (Å²) >= 11 is 0. The smallest absolute Gasteiger partial charge is 0.374 e. The Morgan fingerprint density at radius 3 is 1.45 bits per heavy atom. The Morgan fingerprint density at radius 2 is 0.947 bits per heavy atom. The zero-order valence-corrected chi connectivity index (χ0v) is 22.4. The molecule has 0 unspecified atom stereocenters. The van der Waals surface area contributed by atoms with E-state index in [0.717, 1.165) is 50.5 Å². The van der Waals surface area contributed by atoms with Crippen LogP contribution < -0.4 is 0 Å². The van der Waals surface area contributed by atoms with Gasteiger partial charge in [-0.2, -0.15) is 0 Å². The van der Waals surface area contributed by atoms with Gasteiger partial charge in [0.05, 0.1) is 32.8 Å². The van der Waals surface area contributed by atoms with Crippen LogP contribution in [0.1, 0.15) is 75.3 Å². The third-order valence-electron chi connectivity index (χ3n) is 5.87. The van der Waals surface area contributed by atoms with Crippen molar-refractivity contribution in [3.63, 3.8) is 0 Å². The van der Waals surface area contributed by atoms with E-state index in [9.17, 15) is 14.4 Å². The molecule has 38 heavy (non-hydrogen) atoms. The number of rotatable bonds is 22. The number of carbonyl (C=O) groups excluding carboxylic acids is 3. The zero-order chi connectivity index (χ0) is 27.1. The minimum absolute atomic E-state index is 0.107. The first-order chi connectivity index (χ1) is 18.6. The number of Topliss-reactive ketones (excluding diaryl/α,β-unsaturated/α-hetero) is 1. The minimum Gasteiger partial charge on any atom is -0.466 e. The molecule has 0 saturated heterocycles. The predicted molar refractivity (Wildman–Crippen MR) is 145 cm³/mol. The van der Waals surface area contributed by atoms with Crippen LogP contribution in [0.3, 0.4) is 0 Å². The molecule has 0 amide bonds. The molecule has 0 N–H and O–H groups in total. The van der Waals surface area contributed by atoms with E-state index in [1.54, 1.807) is 0 Å². The SMILES string of the molecule is O=C(CCC(=O)C(=O)OCCCCCCOCc1ccccc1)OCCCCCCOCc1ccccc1. The number of ketones is 1. The van der Waals surface area contributed by atoms with Crippen molar-refractivity contribution in [1.82, 2.24) is 0 Å². The molecule has 0 saturated carbocycles. The molecule has 0 radical (unpaired) electrons. The Balaban J connectivity index is 1.33. The van der Waals surface area contributed by atoms with Gasteiger partial charge in [0.1, 0.15) is 0 Å². The molecular weight excluding hydrogens is 484 g/mol. The molecular formula is C31H42O7. The number of esters is 2. The lowest BCUT2D eigenvalue weighted by molar-refractivity contribution is -0.155. The molecule has 0 atom stereocenters. The third kappa shape index (κ3) is 15.9. The van der Waals surface area contributed by atoms with Crippen molar-refractivity contribution >= 4 is 17.7 Å². The number of ether oxygens (including phenoxy) is 4. The lowest BCUT2D eigenvalue weighted by atomic mass is 10.2. The first kappa shape index (κ1) is 31.2. The third-order valence-corrected chi connectivity index (χ3v) is 5.87. The van der Waals surface area contributed by atoms with Gasteiger partial charge in [-0.3, -0.25) is 9.59 Å². The fraction of sp³-hybridized carbons (Fsp3) is 0.516. The molecule has 2 aromatic rings. The largest absolute Gasteiger partial charge is 0.466 e. The lowest BCUT2D eigenvalue weighted by Gasteiger charge is -2.07. The first-order valence-corrected chi connectivity index (χ1v) is 13.7. The van der Waals surface area contributed by atoms with Crippen LogP contribution in [-0.4, -0.2) is 44.1 Å². The molecule has 0 aliphatic heterocycles. The van der Waals surface area contributed by atoms with Crippen LogP contribution in [0.25, 0.3) is 0 Å². The molecule has 7 nitrogen and oxygen atoms in total. The van der Waals surface area contributed by atoms with Gasteiger partial charge < -0.3 is 18.9 Å². The molecule has 7 heteroatoms. The van der Waals surface area contributed by atoms with Crippen LogP contribution in [0.5, 0.6) is 0 Å². The number of carbonyl (C=O) groups is 3. The Hall–Kier alpha value is -3.03.